The largest absolute Gasteiger partial charge is 0.225 e. The average Bonchev–Trinajstić information content (AvgIpc) is 2.10. The van der Waals surface area contributed by atoms with Crippen molar-refractivity contribution in [3.8, 4) is 22.9 Å². The van der Waals surface area contributed by atoms with E-state index >= 15 is 0 Å². The van der Waals surface area contributed by atoms with E-state index in [1.54, 1.807) is 12.2 Å². The zero-order valence-electron chi connectivity index (χ0n) is 7.30. The molecule has 0 aliphatic heterocycles. The molecule has 12 heavy (non-hydrogen) atoms. The Morgan fingerprint density at radius 1 is 1.08 bits per heavy atom. The van der Waals surface area contributed by atoms with Crippen molar-refractivity contribution in [2.45, 2.75) is 6.92 Å². The minimum absolute atomic E-state index is 1.31. The summed E-state index contributed by atoms with van der Waals surface area (Å²) in [5.74, 6) is 5.66. The quantitative estimate of drug-likeness (QED) is 0.418. The van der Waals surface area contributed by atoms with Gasteiger partial charge >= 0.3 is 0 Å². The molecule has 0 saturated carbocycles. The van der Waals surface area contributed by atoms with Gasteiger partial charge in [0.25, 0.3) is 0 Å². The molecule has 0 amide bonds. The fourth-order valence-electron chi connectivity index (χ4n) is 0.622. The maximum Gasteiger partial charge on any atom is 0.225 e. The van der Waals surface area contributed by atoms with Crippen molar-refractivity contribution in [3.05, 3.63) is 37.1 Å². The first-order chi connectivity index (χ1) is 5.85. The number of hydrogen-bond acceptors (Lipinski definition) is 0. The van der Waals surface area contributed by atoms with E-state index in [0.29, 0.717) is 0 Å². The third-order valence-corrected chi connectivity index (χ3v) is 2.79. The van der Waals surface area contributed by atoms with Crippen molar-refractivity contribution >= 4 is 8.80 Å². The van der Waals surface area contributed by atoms with E-state index < -0.39 is 8.80 Å². The molecule has 60 valence electrons. The minimum atomic E-state index is -1.31. The van der Waals surface area contributed by atoms with Crippen LogP contribution in [-0.2, 0) is 0 Å². The average molecular weight is 172 g/mol. The smallest absolute Gasteiger partial charge is 0.110 e. The second-order valence-electron chi connectivity index (χ2n) is 1.99. The highest BCUT2D eigenvalue weighted by molar-refractivity contribution is 6.80. The molecule has 0 aliphatic rings. The van der Waals surface area contributed by atoms with E-state index in [4.69, 9.17) is 0 Å². The minimum Gasteiger partial charge on any atom is -0.110 e. The highest BCUT2D eigenvalue weighted by Gasteiger charge is 1.93. The summed E-state index contributed by atoms with van der Waals surface area (Å²) in [5, 5.41) is 0. The summed E-state index contributed by atoms with van der Waals surface area (Å²) in [6.45, 7) is 9.04. The maximum absolute atomic E-state index is 3.53. The molecule has 0 unspecified atom stereocenters. The van der Waals surface area contributed by atoms with Gasteiger partial charge in [0.15, 0.2) is 0 Å². The van der Waals surface area contributed by atoms with Crippen molar-refractivity contribution in [3.63, 3.8) is 0 Å². The highest BCUT2D eigenvalue weighted by atomic mass is 28.3. The molecule has 0 aromatic carbocycles. The van der Waals surface area contributed by atoms with Crippen molar-refractivity contribution in [1.82, 2.24) is 0 Å². The van der Waals surface area contributed by atoms with E-state index in [0.717, 1.165) is 0 Å². The first kappa shape index (κ1) is 10.6. The van der Waals surface area contributed by atoms with Gasteiger partial charge in [-0.25, -0.2) is 0 Å². The van der Waals surface area contributed by atoms with Gasteiger partial charge in [-0.15, -0.1) is 11.1 Å². The highest BCUT2D eigenvalue weighted by Crippen LogP contribution is 1.81. The van der Waals surface area contributed by atoms with Crippen molar-refractivity contribution < 1.29 is 0 Å². The Balaban J connectivity index is 4.42. The van der Waals surface area contributed by atoms with Crippen LogP contribution >= 0.6 is 0 Å². The summed E-state index contributed by atoms with van der Waals surface area (Å²) in [6, 6.07) is 0. The predicted molar refractivity (Wildman–Crippen MR) is 57.9 cm³/mol. The van der Waals surface area contributed by atoms with Gasteiger partial charge in [0.2, 0.25) is 8.80 Å². The molecule has 0 atom stereocenters. The Hall–Kier alpha value is -1.44. The second kappa shape index (κ2) is 7.66. The Labute approximate surface area is 76.3 Å². The van der Waals surface area contributed by atoms with Crippen molar-refractivity contribution in [2.24, 2.45) is 0 Å². The Kier molecular flexibility index (Phi) is 6.74. The summed E-state index contributed by atoms with van der Waals surface area (Å²) in [5.41, 5.74) is 8.21. The summed E-state index contributed by atoms with van der Waals surface area (Å²) < 4.78 is 0. The topological polar surface area (TPSA) is 0 Å². The summed E-state index contributed by atoms with van der Waals surface area (Å²) in [6.07, 6.45) is 5.19. The fourth-order valence-corrected chi connectivity index (χ4v) is 1.87. The van der Waals surface area contributed by atoms with E-state index in [9.17, 15) is 0 Å². The summed E-state index contributed by atoms with van der Waals surface area (Å²) in [7, 11) is -1.31. The van der Waals surface area contributed by atoms with E-state index in [2.05, 4.69) is 41.8 Å². The van der Waals surface area contributed by atoms with E-state index in [1.165, 1.54) is 0 Å². The van der Waals surface area contributed by atoms with Crippen LogP contribution in [0.5, 0.6) is 0 Å². The van der Waals surface area contributed by atoms with Gasteiger partial charge in [-0.1, -0.05) is 36.8 Å². The van der Waals surface area contributed by atoms with Gasteiger partial charge in [-0.05, 0) is 19.1 Å². The molecule has 0 aromatic heterocycles. The lowest BCUT2D eigenvalue weighted by atomic mass is 10.7. The molecule has 1 heteroatoms. The standard InChI is InChI=1S/C11H12Si/c1-4-7-10-12(9-6-3)11-8-5-2/h4-6,9,12H,1-2H2,3H3. The first-order valence-corrected chi connectivity index (χ1v) is 5.54. The van der Waals surface area contributed by atoms with Gasteiger partial charge in [-0.3, -0.25) is 0 Å². The molecule has 0 spiro atoms. The molecular formula is C11H12Si. The van der Waals surface area contributed by atoms with Gasteiger partial charge in [0.05, 0.1) is 0 Å². The van der Waals surface area contributed by atoms with Gasteiger partial charge in [0, 0.05) is 0 Å². The third-order valence-electron chi connectivity index (χ3n) is 1.07. The molecular weight excluding hydrogens is 160 g/mol. The third kappa shape index (κ3) is 5.35. The van der Waals surface area contributed by atoms with Crippen LogP contribution in [0.15, 0.2) is 37.1 Å². The number of hydrogen-bond donors (Lipinski definition) is 0. The van der Waals surface area contributed by atoms with Crippen LogP contribution in [0.25, 0.3) is 0 Å². The molecule has 0 saturated heterocycles. The molecule has 0 aliphatic carbocycles. The second-order valence-corrected chi connectivity index (χ2v) is 3.91. The molecule has 0 radical (unpaired) electrons. The van der Waals surface area contributed by atoms with Gasteiger partial charge in [0.1, 0.15) is 0 Å². The lowest BCUT2D eigenvalue weighted by molar-refractivity contribution is 1.78. The van der Waals surface area contributed by atoms with Crippen LogP contribution in [0.3, 0.4) is 0 Å². The predicted octanol–water partition coefficient (Wildman–Crippen LogP) is 1.79. The summed E-state index contributed by atoms with van der Waals surface area (Å²) in [4.78, 5) is 0. The normalized spacial score (nSPS) is 8.17. The molecule has 0 bridgehead atoms. The number of allylic oxidation sites excluding steroid dienone is 3. The van der Waals surface area contributed by atoms with Crippen LogP contribution in [-0.4, -0.2) is 8.80 Å². The number of rotatable bonds is 1. The molecule has 0 fully saturated rings. The van der Waals surface area contributed by atoms with Gasteiger partial charge < -0.3 is 0 Å². The van der Waals surface area contributed by atoms with E-state index in [1.807, 2.05) is 13.0 Å². The Morgan fingerprint density at radius 2 is 1.58 bits per heavy atom. The van der Waals surface area contributed by atoms with Crippen LogP contribution < -0.4 is 0 Å². The fraction of sp³-hybridized carbons (Fsp3) is 0.0909. The molecule has 0 nitrogen and oxygen atoms in total. The summed E-state index contributed by atoms with van der Waals surface area (Å²) >= 11 is 0. The van der Waals surface area contributed by atoms with E-state index in [-0.39, 0.29) is 0 Å². The molecule has 0 N–H and O–H groups in total. The van der Waals surface area contributed by atoms with Crippen molar-refractivity contribution in [1.29, 1.82) is 0 Å². The lowest BCUT2D eigenvalue weighted by Gasteiger charge is -1.86. The van der Waals surface area contributed by atoms with Crippen LogP contribution in [0.2, 0.25) is 0 Å². The van der Waals surface area contributed by atoms with Crippen LogP contribution in [0, 0.1) is 22.9 Å². The van der Waals surface area contributed by atoms with Gasteiger partial charge in [-0.2, -0.15) is 0 Å². The van der Waals surface area contributed by atoms with Crippen LogP contribution in [0.4, 0.5) is 0 Å². The van der Waals surface area contributed by atoms with Crippen LogP contribution in [0.1, 0.15) is 6.92 Å². The van der Waals surface area contributed by atoms with Crippen molar-refractivity contribution in [2.75, 3.05) is 0 Å². The SMILES string of the molecule is C=CC#C[SiH](C#CC=C)C=CC. The monoisotopic (exact) mass is 172 g/mol. The molecule has 0 heterocycles. The zero-order chi connectivity index (χ0) is 9.23. The first-order valence-electron chi connectivity index (χ1n) is 3.72. The Bertz CT molecular complexity index is 262. The lowest BCUT2D eigenvalue weighted by Crippen LogP contribution is -2.02. The molecule has 0 aromatic rings. The Morgan fingerprint density at radius 3 is 1.92 bits per heavy atom. The maximum atomic E-state index is 3.53. The molecule has 0 rings (SSSR count). The zero-order valence-corrected chi connectivity index (χ0v) is 8.46.